The number of hydrogen-bond donors (Lipinski definition) is 2. The number of ether oxygens (including phenoxy) is 2. The standard InChI is InChI=1S/C14H13N3O4S/c1-20-12(19)5-10-13(17-14(15)22-10)7-2-3-9-8(4-7)16-11(18)6-21-9/h2-4H,5-6H2,1H3,(H2,15,17)(H,16,18). The lowest BCUT2D eigenvalue weighted by atomic mass is 10.1. The Labute approximate surface area is 130 Å². The Balaban J connectivity index is 1.99. The van der Waals surface area contributed by atoms with Gasteiger partial charge in [-0.2, -0.15) is 0 Å². The van der Waals surface area contributed by atoms with Crippen LogP contribution in [0.3, 0.4) is 0 Å². The Kier molecular flexibility index (Phi) is 3.68. The second-order valence-electron chi connectivity index (χ2n) is 4.62. The molecule has 1 aliphatic rings. The molecule has 2 heterocycles. The highest BCUT2D eigenvalue weighted by molar-refractivity contribution is 7.15. The fraction of sp³-hybridized carbons (Fsp3) is 0.214. The summed E-state index contributed by atoms with van der Waals surface area (Å²) < 4.78 is 10.00. The molecule has 0 fully saturated rings. The number of benzene rings is 1. The van der Waals surface area contributed by atoms with Crippen molar-refractivity contribution >= 4 is 34.0 Å². The van der Waals surface area contributed by atoms with Crippen LogP contribution in [0, 0.1) is 0 Å². The van der Waals surface area contributed by atoms with Crippen molar-refractivity contribution in [1.29, 1.82) is 0 Å². The minimum absolute atomic E-state index is 0.00356. The lowest BCUT2D eigenvalue weighted by Gasteiger charge is -2.18. The second-order valence-corrected chi connectivity index (χ2v) is 5.74. The van der Waals surface area contributed by atoms with Crippen LogP contribution in [-0.4, -0.2) is 30.6 Å². The lowest BCUT2D eigenvalue weighted by molar-refractivity contribution is -0.139. The van der Waals surface area contributed by atoms with E-state index in [0.717, 1.165) is 5.56 Å². The zero-order chi connectivity index (χ0) is 15.7. The van der Waals surface area contributed by atoms with Crippen molar-refractivity contribution in [3.8, 4) is 17.0 Å². The van der Waals surface area contributed by atoms with Gasteiger partial charge in [-0.1, -0.05) is 0 Å². The molecule has 3 N–H and O–H groups in total. The van der Waals surface area contributed by atoms with E-state index in [2.05, 4.69) is 15.0 Å². The van der Waals surface area contributed by atoms with Gasteiger partial charge in [0.25, 0.3) is 5.91 Å². The summed E-state index contributed by atoms with van der Waals surface area (Å²) in [5, 5.41) is 3.10. The number of anilines is 2. The van der Waals surface area contributed by atoms with Crippen LogP contribution in [0.5, 0.6) is 5.75 Å². The van der Waals surface area contributed by atoms with Crippen LogP contribution in [0.25, 0.3) is 11.3 Å². The van der Waals surface area contributed by atoms with Crippen LogP contribution in [0.4, 0.5) is 10.8 Å². The molecule has 0 atom stereocenters. The minimum atomic E-state index is -0.362. The Morgan fingerprint density at radius 1 is 1.55 bits per heavy atom. The molecule has 0 radical (unpaired) electrons. The molecular weight excluding hydrogens is 306 g/mol. The number of amides is 1. The lowest BCUT2D eigenvalue weighted by Crippen LogP contribution is -2.25. The zero-order valence-corrected chi connectivity index (χ0v) is 12.5. The molecule has 0 unspecified atom stereocenters. The first-order chi connectivity index (χ1) is 10.6. The van der Waals surface area contributed by atoms with Crippen molar-refractivity contribution in [3.05, 3.63) is 23.1 Å². The second kappa shape index (κ2) is 5.64. The number of aromatic nitrogens is 1. The summed E-state index contributed by atoms with van der Waals surface area (Å²) in [7, 11) is 1.33. The van der Waals surface area contributed by atoms with Gasteiger partial charge in [-0.15, -0.1) is 11.3 Å². The zero-order valence-electron chi connectivity index (χ0n) is 11.7. The smallest absolute Gasteiger partial charge is 0.310 e. The molecule has 2 aromatic rings. The quantitative estimate of drug-likeness (QED) is 0.830. The normalized spacial score (nSPS) is 13.0. The molecule has 1 amide bonds. The van der Waals surface area contributed by atoms with Crippen LogP contribution in [-0.2, 0) is 20.7 Å². The molecule has 1 aromatic carbocycles. The minimum Gasteiger partial charge on any atom is -0.482 e. The molecule has 22 heavy (non-hydrogen) atoms. The van der Waals surface area contributed by atoms with Crippen LogP contribution in [0.15, 0.2) is 18.2 Å². The number of carbonyl (C=O) groups excluding carboxylic acids is 2. The summed E-state index contributed by atoms with van der Waals surface area (Å²) >= 11 is 1.24. The predicted octanol–water partition coefficient (Wildman–Crippen LogP) is 1.44. The van der Waals surface area contributed by atoms with Gasteiger partial charge in [0.2, 0.25) is 0 Å². The van der Waals surface area contributed by atoms with E-state index in [1.165, 1.54) is 18.4 Å². The van der Waals surface area contributed by atoms with Crippen LogP contribution in [0.1, 0.15) is 4.88 Å². The van der Waals surface area contributed by atoms with Gasteiger partial charge in [0, 0.05) is 10.4 Å². The highest BCUT2D eigenvalue weighted by atomic mass is 32.1. The van der Waals surface area contributed by atoms with Gasteiger partial charge in [0.1, 0.15) is 5.75 Å². The first-order valence-corrected chi connectivity index (χ1v) is 7.27. The molecule has 8 heteroatoms. The first kappa shape index (κ1) is 14.3. The van der Waals surface area contributed by atoms with Crippen molar-refractivity contribution in [2.24, 2.45) is 0 Å². The van der Waals surface area contributed by atoms with E-state index in [4.69, 9.17) is 10.5 Å². The van der Waals surface area contributed by atoms with Crippen molar-refractivity contribution < 1.29 is 19.1 Å². The van der Waals surface area contributed by atoms with Gasteiger partial charge in [-0.3, -0.25) is 9.59 Å². The van der Waals surface area contributed by atoms with E-state index < -0.39 is 0 Å². The molecule has 7 nitrogen and oxygen atoms in total. The molecule has 1 aliphatic heterocycles. The number of nitrogen functional groups attached to an aromatic ring is 1. The number of nitrogens with zero attached hydrogens (tertiary/aromatic N) is 1. The maximum Gasteiger partial charge on any atom is 0.310 e. The van der Waals surface area contributed by atoms with E-state index in [1.54, 1.807) is 12.1 Å². The topological polar surface area (TPSA) is 104 Å². The van der Waals surface area contributed by atoms with E-state index in [0.29, 0.717) is 27.1 Å². The van der Waals surface area contributed by atoms with E-state index >= 15 is 0 Å². The third kappa shape index (κ3) is 2.73. The third-order valence-electron chi connectivity index (χ3n) is 3.13. The number of nitrogens with two attached hydrogens (primary N) is 1. The summed E-state index contributed by atoms with van der Waals surface area (Å²) in [6, 6.07) is 5.31. The Hall–Kier alpha value is -2.61. The number of hydrogen-bond acceptors (Lipinski definition) is 7. The largest absolute Gasteiger partial charge is 0.482 e. The Bertz CT molecular complexity index is 757. The molecule has 0 bridgehead atoms. The highest BCUT2D eigenvalue weighted by Crippen LogP contribution is 2.36. The van der Waals surface area contributed by atoms with Gasteiger partial charge in [0.05, 0.1) is 24.9 Å². The molecule has 0 spiro atoms. The summed E-state index contributed by atoms with van der Waals surface area (Å²) in [6.45, 7) is 0.00356. The SMILES string of the molecule is COC(=O)Cc1sc(N)nc1-c1ccc2c(c1)NC(=O)CO2. The summed E-state index contributed by atoms with van der Waals surface area (Å²) in [4.78, 5) is 27.9. The van der Waals surface area contributed by atoms with Gasteiger partial charge >= 0.3 is 5.97 Å². The number of thiazole rings is 1. The van der Waals surface area contributed by atoms with Crippen LogP contribution >= 0.6 is 11.3 Å². The molecule has 3 rings (SSSR count). The average Bonchev–Trinajstić information content (AvgIpc) is 2.86. The predicted molar refractivity (Wildman–Crippen MR) is 81.8 cm³/mol. The summed E-state index contributed by atoms with van der Waals surface area (Å²) in [5.41, 5.74) is 7.68. The molecule has 0 aliphatic carbocycles. The van der Waals surface area contributed by atoms with Gasteiger partial charge < -0.3 is 20.5 Å². The van der Waals surface area contributed by atoms with E-state index in [-0.39, 0.29) is 24.9 Å². The first-order valence-electron chi connectivity index (χ1n) is 6.46. The van der Waals surface area contributed by atoms with Crippen molar-refractivity contribution in [2.45, 2.75) is 6.42 Å². The number of carbonyl (C=O) groups is 2. The van der Waals surface area contributed by atoms with Crippen molar-refractivity contribution in [1.82, 2.24) is 4.98 Å². The van der Waals surface area contributed by atoms with Gasteiger partial charge in [0.15, 0.2) is 11.7 Å². The monoisotopic (exact) mass is 319 g/mol. The average molecular weight is 319 g/mol. The van der Waals surface area contributed by atoms with Gasteiger partial charge in [-0.25, -0.2) is 4.98 Å². The number of methoxy groups -OCH3 is 1. The number of rotatable bonds is 3. The molecule has 1 aromatic heterocycles. The van der Waals surface area contributed by atoms with Crippen LogP contribution < -0.4 is 15.8 Å². The molecule has 0 saturated heterocycles. The molecule has 0 saturated carbocycles. The number of nitrogens with one attached hydrogen (secondary N) is 1. The summed E-state index contributed by atoms with van der Waals surface area (Å²) in [5.74, 6) is 0.0257. The Morgan fingerprint density at radius 2 is 2.36 bits per heavy atom. The van der Waals surface area contributed by atoms with Gasteiger partial charge in [-0.05, 0) is 18.2 Å². The number of esters is 1. The summed E-state index contributed by atoms with van der Waals surface area (Å²) in [6.07, 6.45) is 0.0979. The third-order valence-corrected chi connectivity index (χ3v) is 4.02. The fourth-order valence-electron chi connectivity index (χ4n) is 2.15. The van der Waals surface area contributed by atoms with Crippen molar-refractivity contribution in [2.75, 3.05) is 24.8 Å². The molecular formula is C14H13N3O4S. The highest BCUT2D eigenvalue weighted by Gasteiger charge is 2.20. The number of fused-ring (bicyclic) bond motifs is 1. The fourth-order valence-corrected chi connectivity index (χ4v) is 2.99. The maximum atomic E-state index is 11.5. The van der Waals surface area contributed by atoms with E-state index in [1.807, 2.05) is 6.07 Å². The van der Waals surface area contributed by atoms with Crippen LogP contribution in [0.2, 0.25) is 0 Å². The van der Waals surface area contributed by atoms with Crippen molar-refractivity contribution in [3.63, 3.8) is 0 Å². The van der Waals surface area contributed by atoms with E-state index in [9.17, 15) is 9.59 Å². The Morgan fingerprint density at radius 3 is 3.14 bits per heavy atom. The maximum absolute atomic E-state index is 11.5. The molecule has 114 valence electrons.